The molecule has 2 fully saturated rings. The minimum absolute atomic E-state index is 0.183. The van der Waals surface area contributed by atoms with Gasteiger partial charge in [-0.15, -0.1) is 0 Å². The zero-order chi connectivity index (χ0) is 15.0. The van der Waals surface area contributed by atoms with Crippen molar-refractivity contribution in [2.75, 3.05) is 6.54 Å². The third-order valence-corrected chi connectivity index (χ3v) is 5.73. The Morgan fingerprint density at radius 3 is 2.76 bits per heavy atom. The maximum absolute atomic E-state index is 12.6. The van der Waals surface area contributed by atoms with E-state index in [2.05, 4.69) is 10.3 Å². The molecule has 2 heterocycles. The number of rotatable bonds is 4. The molecular weight excluding hydrogens is 294 g/mol. The van der Waals surface area contributed by atoms with Gasteiger partial charge in [0.1, 0.15) is 10.9 Å². The SMILES string of the molecule is O=C(NC1CC1)C1CCCN1S(=O)(=O)c1c[nH]ccc1=O. The van der Waals surface area contributed by atoms with E-state index in [0.717, 1.165) is 17.1 Å². The van der Waals surface area contributed by atoms with Gasteiger partial charge in [-0.05, 0) is 25.7 Å². The Bertz CT molecular complexity index is 708. The molecule has 2 aliphatic rings. The number of nitrogens with one attached hydrogen (secondary N) is 2. The number of amides is 1. The number of aromatic nitrogens is 1. The molecule has 21 heavy (non-hydrogen) atoms. The van der Waals surface area contributed by atoms with Gasteiger partial charge in [-0.3, -0.25) is 9.59 Å². The summed E-state index contributed by atoms with van der Waals surface area (Å²) in [5.41, 5.74) is -0.568. The van der Waals surface area contributed by atoms with Crippen molar-refractivity contribution in [1.29, 1.82) is 0 Å². The Morgan fingerprint density at radius 2 is 2.10 bits per heavy atom. The highest BCUT2D eigenvalue weighted by Gasteiger charge is 2.41. The van der Waals surface area contributed by atoms with Crippen LogP contribution in [0.5, 0.6) is 0 Å². The average Bonchev–Trinajstić information content (AvgIpc) is 3.10. The Morgan fingerprint density at radius 1 is 1.33 bits per heavy atom. The van der Waals surface area contributed by atoms with E-state index in [1.165, 1.54) is 18.5 Å². The van der Waals surface area contributed by atoms with Gasteiger partial charge in [0.05, 0.1) is 0 Å². The molecule has 3 rings (SSSR count). The van der Waals surface area contributed by atoms with Crippen LogP contribution in [0.25, 0.3) is 0 Å². The van der Waals surface area contributed by atoms with Crippen molar-refractivity contribution in [3.05, 3.63) is 28.7 Å². The molecular formula is C13H17N3O4S. The molecule has 1 aromatic rings. The molecule has 8 heteroatoms. The summed E-state index contributed by atoms with van der Waals surface area (Å²) in [4.78, 5) is 26.2. The summed E-state index contributed by atoms with van der Waals surface area (Å²) >= 11 is 0. The van der Waals surface area contributed by atoms with Gasteiger partial charge in [-0.2, -0.15) is 4.31 Å². The van der Waals surface area contributed by atoms with Crippen molar-refractivity contribution in [3.8, 4) is 0 Å². The Labute approximate surface area is 122 Å². The molecule has 1 atom stereocenters. The molecule has 0 radical (unpaired) electrons. The van der Waals surface area contributed by atoms with Gasteiger partial charge in [-0.25, -0.2) is 8.42 Å². The fourth-order valence-corrected chi connectivity index (χ4v) is 4.24. The van der Waals surface area contributed by atoms with Gasteiger partial charge in [-0.1, -0.05) is 0 Å². The van der Waals surface area contributed by atoms with E-state index in [-0.39, 0.29) is 23.4 Å². The van der Waals surface area contributed by atoms with Crippen LogP contribution in [-0.2, 0) is 14.8 Å². The Hall–Kier alpha value is -1.67. The summed E-state index contributed by atoms with van der Waals surface area (Å²) in [5.74, 6) is -0.258. The summed E-state index contributed by atoms with van der Waals surface area (Å²) in [7, 11) is -3.95. The third-order valence-electron chi connectivity index (χ3n) is 3.80. The van der Waals surface area contributed by atoms with E-state index in [1.807, 2.05) is 0 Å². The summed E-state index contributed by atoms with van der Waals surface area (Å²) in [6, 6.07) is 0.639. The third kappa shape index (κ3) is 2.73. The molecule has 1 unspecified atom stereocenters. The first-order valence-electron chi connectivity index (χ1n) is 6.99. The number of aromatic amines is 1. The maximum Gasteiger partial charge on any atom is 0.249 e. The quantitative estimate of drug-likeness (QED) is 0.805. The van der Waals surface area contributed by atoms with E-state index in [1.54, 1.807) is 0 Å². The molecule has 1 amide bonds. The lowest BCUT2D eigenvalue weighted by Crippen LogP contribution is -2.47. The van der Waals surface area contributed by atoms with Gasteiger partial charge >= 0.3 is 0 Å². The highest BCUT2D eigenvalue weighted by molar-refractivity contribution is 7.89. The number of carbonyl (C=O) groups is 1. The Balaban J connectivity index is 1.88. The lowest BCUT2D eigenvalue weighted by molar-refractivity contribution is -0.124. The van der Waals surface area contributed by atoms with Crippen molar-refractivity contribution in [2.45, 2.75) is 42.7 Å². The van der Waals surface area contributed by atoms with E-state index in [4.69, 9.17) is 0 Å². The molecule has 0 aromatic carbocycles. The number of pyridine rings is 1. The molecule has 1 aromatic heterocycles. The van der Waals surface area contributed by atoms with Crippen molar-refractivity contribution in [2.24, 2.45) is 0 Å². The first-order valence-corrected chi connectivity index (χ1v) is 8.43. The van der Waals surface area contributed by atoms with Gasteiger partial charge in [0, 0.05) is 31.0 Å². The van der Waals surface area contributed by atoms with E-state index >= 15 is 0 Å². The molecule has 0 bridgehead atoms. The van der Waals surface area contributed by atoms with Crippen molar-refractivity contribution < 1.29 is 13.2 Å². The van der Waals surface area contributed by atoms with Crippen LogP contribution < -0.4 is 10.7 Å². The van der Waals surface area contributed by atoms with Crippen LogP contribution in [0.1, 0.15) is 25.7 Å². The van der Waals surface area contributed by atoms with Crippen molar-refractivity contribution >= 4 is 15.9 Å². The highest BCUT2D eigenvalue weighted by Crippen LogP contribution is 2.26. The van der Waals surface area contributed by atoms with Gasteiger partial charge < -0.3 is 10.3 Å². The van der Waals surface area contributed by atoms with Gasteiger partial charge in [0.2, 0.25) is 21.4 Å². The van der Waals surface area contributed by atoms with Crippen LogP contribution >= 0.6 is 0 Å². The summed E-state index contributed by atoms with van der Waals surface area (Å²) in [6.45, 7) is 0.263. The number of hydrogen-bond acceptors (Lipinski definition) is 4. The van der Waals surface area contributed by atoms with E-state index in [9.17, 15) is 18.0 Å². The summed E-state index contributed by atoms with van der Waals surface area (Å²) in [6.07, 6.45) is 5.55. The van der Waals surface area contributed by atoms with Crippen LogP contribution in [0.3, 0.4) is 0 Å². The normalized spacial score (nSPS) is 23.1. The van der Waals surface area contributed by atoms with Crippen LogP contribution in [-0.4, -0.2) is 42.2 Å². The monoisotopic (exact) mass is 311 g/mol. The van der Waals surface area contributed by atoms with Gasteiger partial charge in [0.25, 0.3) is 0 Å². The first kappa shape index (κ1) is 14.3. The smallest absolute Gasteiger partial charge is 0.249 e. The molecule has 114 valence electrons. The minimum atomic E-state index is -3.95. The lowest BCUT2D eigenvalue weighted by Gasteiger charge is -2.22. The number of hydrogen-bond donors (Lipinski definition) is 2. The predicted molar refractivity (Wildman–Crippen MR) is 75.1 cm³/mol. The summed E-state index contributed by atoms with van der Waals surface area (Å²) in [5, 5.41) is 2.83. The molecule has 1 saturated heterocycles. The molecule has 1 saturated carbocycles. The predicted octanol–water partition coefficient (Wildman–Crippen LogP) is -0.193. The first-order chi connectivity index (χ1) is 10.00. The second-order valence-corrected chi connectivity index (χ2v) is 7.29. The minimum Gasteiger partial charge on any atom is -0.366 e. The fourth-order valence-electron chi connectivity index (χ4n) is 2.54. The number of sulfonamides is 1. The van der Waals surface area contributed by atoms with Crippen LogP contribution in [0.4, 0.5) is 0 Å². The second-order valence-electron chi connectivity index (χ2n) is 5.43. The van der Waals surface area contributed by atoms with Crippen LogP contribution in [0.2, 0.25) is 0 Å². The van der Waals surface area contributed by atoms with E-state index < -0.39 is 21.5 Å². The molecule has 1 aliphatic carbocycles. The lowest BCUT2D eigenvalue weighted by atomic mass is 10.2. The number of H-pyrrole nitrogens is 1. The van der Waals surface area contributed by atoms with Crippen molar-refractivity contribution in [1.82, 2.24) is 14.6 Å². The highest BCUT2D eigenvalue weighted by atomic mass is 32.2. The average molecular weight is 311 g/mol. The second kappa shape index (κ2) is 5.27. The molecule has 7 nitrogen and oxygen atoms in total. The topological polar surface area (TPSA) is 99.3 Å². The molecule has 1 aliphatic heterocycles. The fraction of sp³-hybridized carbons (Fsp3) is 0.538. The van der Waals surface area contributed by atoms with E-state index in [0.29, 0.717) is 12.8 Å². The molecule has 2 N–H and O–H groups in total. The van der Waals surface area contributed by atoms with Crippen LogP contribution in [0.15, 0.2) is 28.2 Å². The molecule has 0 spiro atoms. The zero-order valence-electron chi connectivity index (χ0n) is 11.4. The standard InChI is InChI=1S/C13H17N3O4S/c17-11-5-6-14-8-12(11)21(19,20)16-7-1-2-10(16)13(18)15-9-3-4-9/h5-6,8-10H,1-4,7H2,(H,14,17)(H,15,18). The van der Waals surface area contributed by atoms with Crippen molar-refractivity contribution in [3.63, 3.8) is 0 Å². The number of carbonyl (C=O) groups excluding carboxylic acids is 1. The number of nitrogens with zero attached hydrogens (tertiary/aromatic N) is 1. The van der Waals surface area contributed by atoms with Gasteiger partial charge in [0.15, 0.2) is 0 Å². The Kier molecular flexibility index (Phi) is 3.58. The van der Waals surface area contributed by atoms with Crippen LogP contribution in [0, 0.1) is 0 Å². The zero-order valence-corrected chi connectivity index (χ0v) is 12.2. The maximum atomic E-state index is 12.6. The largest absolute Gasteiger partial charge is 0.366 e. The summed E-state index contributed by atoms with van der Waals surface area (Å²) < 4.78 is 26.3.